The first-order chi connectivity index (χ1) is 7.75. The van der Waals surface area contributed by atoms with Gasteiger partial charge in [0.25, 0.3) is 0 Å². The second kappa shape index (κ2) is 4.92. The van der Waals surface area contributed by atoms with Crippen molar-refractivity contribution in [3.63, 3.8) is 0 Å². The topological polar surface area (TPSA) is 58.1 Å². The summed E-state index contributed by atoms with van der Waals surface area (Å²) in [4.78, 5) is 21.7. The number of aromatic nitrogens is 2. The van der Waals surface area contributed by atoms with Crippen molar-refractivity contribution in [2.75, 3.05) is 25.0 Å². The van der Waals surface area contributed by atoms with Crippen LogP contribution < -0.4 is 5.32 Å². The summed E-state index contributed by atoms with van der Waals surface area (Å²) in [5.74, 6) is 0.639. The number of likely N-dealkylation sites (tertiary alicyclic amines) is 1. The summed E-state index contributed by atoms with van der Waals surface area (Å²) in [5, 5.41) is 2.94. The first kappa shape index (κ1) is 10.9. The predicted octanol–water partition coefficient (Wildman–Crippen LogP) is 0.819. The Morgan fingerprint density at radius 3 is 2.62 bits per heavy atom. The van der Waals surface area contributed by atoms with Crippen LogP contribution in [0, 0.1) is 6.92 Å². The molecule has 2 rings (SSSR count). The molecule has 0 aromatic carbocycles. The molecule has 0 aliphatic carbocycles. The third-order valence-corrected chi connectivity index (χ3v) is 2.64. The van der Waals surface area contributed by atoms with Crippen LogP contribution in [0.25, 0.3) is 0 Å². The van der Waals surface area contributed by atoms with Crippen molar-refractivity contribution in [1.82, 2.24) is 14.9 Å². The molecule has 1 amide bonds. The second-order valence-electron chi connectivity index (χ2n) is 4.03. The Morgan fingerprint density at radius 1 is 1.38 bits per heavy atom. The quantitative estimate of drug-likeness (QED) is 0.819. The van der Waals surface area contributed by atoms with Crippen LogP contribution in [0.3, 0.4) is 0 Å². The molecule has 0 atom stereocenters. The normalized spacial score (nSPS) is 15.2. The molecule has 16 heavy (non-hydrogen) atoms. The van der Waals surface area contributed by atoms with E-state index in [-0.39, 0.29) is 12.5 Å². The zero-order valence-corrected chi connectivity index (χ0v) is 9.44. The maximum Gasteiger partial charge on any atom is 0.241 e. The van der Waals surface area contributed by atoms with Crippen molar-refractivity contribution < 1.29 is 4.79 Å². The fraction of sp³-hybridized carbons (Fsp3) is 0.545. The molecule has 1 saturated heterocycles. The predicted molar refractivity (Wildman–Crippen MR) is 61.1 cm³/mol. The molecule has 1 aliphatic heterocycles. The van der Waals surface area contributed by atoms with E-state index in [4.69, 9.17) is 0 Å². The minimum Gasteiger partial charge on any atom is -0.345 e. The highest BCUT2D eigenvalue weighted by Gasteiger charge is 2.17. The number of rotatable bonds is 3. The Kier molecular flexibility index (Phi) is 3.34. The van der Waals surface area contributed by atoms with Crippen molar-refractivity contribution in [3.05, 3.63) is 18.0 Å². The van der Waals surface area contributed by atoms with Gasteiger partial charge in [-0.05, 0) is 25.3 Å². The van der Waals surface area contributed by atoms with Gasteiger partial charge >= 0.3 is 0 Å². The van der Waals surface area contributed by atoms with Crippen molar-refractivity contribution in [1.29, 1.82) is 0 Å². The molecule has 0 bridgehead atoms. The van der Waals surface area contributed by atoms with E-state index in [1.807, 2.05) is 11.8 Å². The number of carbonyl (C=O) groups excluding carboxylic acids is 1. The van der Waals surface area contributed by atoms with Gasteiger partial charge in [-0.15, -0.1) is 0 Å². The third-order valence-electron chi connectivity index (χ3n) is 2.64. The number of hydrogen-bond donors (Lipinski definition) is 1. The molecule has 0 unspecified atom stereocenters. The number of carbonyl (C=O) groups is 1. The molecule has 0 spiro atoms. The SMILES string of the molecule is Cc1cnc(NCC(=O)N2CCCC2)nc1. The van der Waals surface area contributed by atoms with Crippen LogP contribution in [0.2, 0.25) is 0 Å². The van der Waals surface area contributed by atoms with E-state index in [0.717, 1.165) is 31.5 Å². The van der Waals surface area contributed by atoms with Gasteiger partial charge in [-0.3, -0.25) is 4.79 Å². The van der Waals surface area contributed by atoms with Crippen molar-refractivity contribution in [2.45, 2.75) is 19.8 Å². The van der Waals surface area contributed by atoms with E-state index >= 15 is 0 Å². The second-order valence-corrected chi connectivity index (χ2v) is 4.03. The average molecular weight is 220 g/mol. The van der Waals surface area contributed by atoms with Crippen LogP contribution in [0.15, 0.2) is 12.4 Å². The Hall–Kier alpha value is -1.65. The minimum absolute atomic E-state index is 0.127. The summed E-state index contributed by atoms with van der Waals surface area (Å²) < 4.78 is 0. The minimum atomic E-state index is 0.127. The zero-order chi connectivity index (χ0) is 11.4. The Bertz CT molecular complexity index is 357. The molecule has 2 heterocycles. The van der Waals surface area contributed by atoms with E-state index in [9.17, 15) is 4.79 Å². The Labute approximate surface area is 94.9 Å². The number of nitrogens with zero attached hydrogens (tertiary/aromatic N) is 3. The highest BCUT2D eigenvalue weighted by atomic mass is 16.2. The summed E-state index contributed by atoms with van der Waals surface area (Å²) in [6.45, 7) is 3.98. The molecule has 1 N–H and O–H groups in total. The lowest BCUT2D eigenvalue weighted by Gasteiger charge is -2.15. The molecule has 0 saturated carbocycles. The van der Waals surface area contributed by atoms with Crippen LogP contribution in [0.5, 0.6) is 0 Å². The first-order valence-corrected chi connectivity index (χ1v) is 5.56. The van der Waals surface area contributed by atoms with E-state index < -0.39 is 0 Å². The van der Waals surface area contributed by atoms with Crippen molar-refractivity contribution in [2.24, 2.45) is 0 Å². The summed E-state index contributed by atoms with van der Waals surface area (Å²) in [6.07, 6.45) is 5.70. The van der Waals surface area contributed by atoms with Crippen molar-refractivity contribution >= 4 is 11.9 Å². The molecule has 1 fully saturated rings. The number of aryl methyl sites for hydroxylation is 1. The van der Waals surface area contributed by atoms with Crippen molar-refractivity contribution in [3.8, 4) is 0 Å². The smallest absolute Gasteiger partial charge is 0.241 e. The van der Waals surface area contributed by atoms with Gasteiger partial charge in [0.05, 0.1) is 6.54 Å². The maximum absolute atomic E-state index is 11.7. The molecule has 0 radical (unpaired) electrons. The molecule has 5 nitrogen and oxygen atoms in total. The van der Waals surface area contributed by atoms with Crippen LogP contribution >= 0.6 is 0 Å². The molecule has 5 heteroatoms. The van der Waals surface area contributed by atoms with E-state index in [1.54, 1.807) is 12.4 Å². The third kappa shape index (κ3) is 2.68. The lowest BCUT2D eigenvalue weighted by atomic mass is 10.4. The average Bonchev–Trinajstić information content (AvgIpc) is 2.81. The zero-order valence-electron chi connectivity index (χ0n) is 9.44. The molecule has 1 aromatic heterocycles. The highest BCUT2D eigenvalue weighted by molar-refractivity contribution is 5.80. The molecule has 1 aliphatic rings. The molecular weight excluding hydrogens is 204 g/mol. The largest absolute Gasteiger partial charge is 0.345 e. The van der Waals surface area contributed by atoms with Gasteiger partial charge in [0.2, 0.25) is 11.9 Å². The Balaban J connectivity index is 1.82. The van der Waals surface area contributed by atoms with Gasteiger partial charge in [-0.2, -0.15) is 0 Å². The van der Waals surface area contributed by atoms with E-state index in [0.29, 0.717) is 5.95 Å². The van der Waals surface area contributed by atoms with E-state index in [1.165, 1.54) is 0 Å². The number of amides is 1. The fourth-order valence-electron chi connectivity index (χ4n) is 1.72. The summed E-state index contributed by atoms with van der Waals surface area (Å²) in [6, 6.07) is 0. The van der Waals surface area contributed by atoms with Crippen LogP contribution in [0.4, 0.5) is 5.95 Å². The van der Waals surface area contributed by atoms with Gasteiger partial charge in [0.15, 0.2) is 0 Å². The summed E-state index contributed by atoms with van der Waals surface area (Å²) in [7, 11) is 0. The monoisotopic (exact) mass is 220 g/mol. The maximum atomic E-state index is 11.7. The Morgan fingerprint density at radius 2 is 2.00 bits per heavy atom. The van der Waals surface area contributed by atoms with Crippen LogP contribution in [-0.2, 0) is 4.79 Å². The number of hydrogen-bond acceptors (Lipinski definition) is 4. The van der Waals surface area contributed by atoms with Gasteiger partial charge in [-0.1, -0.05) is 0 Å². The molecular formula is C11H16N4O. The van der Waals surface area contributed by atoms with Gasteiger partial charge in [0, 0.05) is 25.5 Å². The highest BCUT2D eigenvalue weighted by Crippen LogP contribution is 2.07. The van der Waals surface area contributed by atoms with E-state index in [2.05, 4.69) is 15.3 Å². The molecule has 86 valence electrons. The molecule has 1 aromatic rings. The van der Waals surface area contributed by atoms with Crippen LogP contribution in [-0.4, -0.2) is 40.4 Å². The van der Waals surface area contributed by atoms with Gasteiger partial charge < -0.3 is 10.2 Å². The van der Waals surface area contributed by atoms with Gasteiger partial charge in [0.1, 0.15) is 0 Å². The number of anilines is 1. The standard InChI is InChI=1S/C11H16N4O/c1-9-6-12-11(13-7-9)14-8-10(16)15-4-2-3-5-15/h6-7H,2-5,8H2,1H3,(H,12,13,14). The fourth-order valence-corrected chi connectivity index (χ4v) is 1.72. The summed E-state index contributed by atoms with van der Waals surface area (Å²) in [5.41, 5.74) is 1.01. The van der Waals surface area contributed by atoms with Crippen LogP contribution in [0.1, 0.15) is 18.4 Å². The lowest BCUT2D eigenvalue weighted by Crippen LogP contribution is -2.33. The summed E-state index contributed by atoms with van der Waals surface area (Å²) >= 11 is 0. The lowest BCUT2D eigenvalue weighted by molar-refractivity contribution is -0.128. The van der Waals surface area contributed by atoms with Gasteiger partial charge in [-0.25, -0.2) is 9.97 Å². The number of nitrogens with one attached hydrogen (secondary N) is 1. The first-order valence-electron chi connectivity index (χ1n) is 5.56.